The van der Waals surface area contributed by atoms with E-state index >= 15 is 0 Å². The third kappa shape index (κ3) is 6.05. The predicted molar refractivity (Wildman–Crippen MR) is 126 cm³/mol. The fourth-order valence-corrected chi connectivity index (χ4v) is 3.85. The molecule has 0 saturated heterocycles. The van der Waals surface area contributed by atoms with Crippen LogP contribution in [0.15, 0.2) is 59.6 Å². The molecule has 1 aliphatic rings. The van der Waals surface area contributed by atoms with Crippen LogP contribution in [0.25, 0.3) is 0 Å². The van der Waals surface area contributed by atoms with Gasteiger partial charge in [0.25, 0.3) is 5.91 Å². The molecule has 0 aromatic heterocycles. The number of rotatable bonds is 10. The summed E-state index contributed by atoms with van der Waals surface area (Å²) in [7, 11) is 0. The largest absolute Gasteiger partial charge is 0.481 e. The number of hydrogen-bond acceptors (Lipinski definition) is 7. The van der Waals surface area contributed by atoms with Crippen molar-refractivity contribution in [2.24, 2.45) is 4.99 Å². The smallest absolute Gasteiger partial charge is 0.305 e. The van der Waals surface area contributed by atoms with E-state index in [1.54, 1.807) is 12.1 Å². The van der Waals surface area contributed by atoms with Crippen molar-refractivity contribution < 1.29 is 24.3 Å². The molecular formula is C23H24N4O5S. The van der Waals surface area contributed by atoms with Crippen LogP contribution in [-0.2, 0) is 19.2 Å². The van der Waals surface area contributed by atoms with E-state index in [9.17, 15) is 19.2 Å². The SMILES string of the molecule is CCSNC1N=C(c2ccccc2)c2ccccc2N(CC(=O)NC(C=O)CC(=O)O)C1=O. The van der Waals surface area contributed by atoms with Crippen molar-refractivity contribution in [2.45, 2.75) is 25.6 Å². The summed E-state index contributed by atoms with van der Waals surface area (Å²) in [4.78, 5) is 54.2. The highest BCUT2D eigenvalue weighted by molar-refractivity contribution is 7.97. The first-order chi connectivity index (χ1) is 15.9. The Balaban J connectivity index is 1.99. The zero-order valence-corrected chi connectivity index (χ0v) is 18.7. The predicted octanol–water partition coefficient (Wildman–Crippen LogP) is 1.61. The fourth-order valence-electron chi connectivity index (χ4n) is 3.37. The van der Waals surface area contributed by atoms with E-state index in [2.05, 4.69) is 10.0 Å². The molecule has 2 aromatic rings. The second-order valence-electron chi connectivity index (χ2n) is 7.15. The van der Waals surface area contributed by atoms with Gasteiger partial charge in [-0.1, -0.05) is 67.4 Å². The summed E-state index contributed by atoms with van der Waals surface area (Å²) in [6.45, 7) is 1.54. The number of aliphatic carboxylic acids is 1. The number of carboxylic acids is 1. The highest BCUT2D eigenvalue weighted by Gasteiger charge is 2.33. The Labute approximate surface area is 195 Å². The molecule has 0 fully saturated rings. The van der Waals surface area contributed by atoms with Gasteiger partial charge in [-0.2, -0.15) is 0 Å². The van der Waals surface area contributed by atoms with Crippen molar-refractivity contribution >= 4 is 47.4 Å². The van der Waals surface area contributed by atoms with Crippen LogP contribution in [0.5, 0.6) is 0 Å². The summed E-state index contributed by atoms with van der Waals surface area (Å²) < 4.78 is 3.05. The molecule has 0 spiro atoms. The van der Waals surface area contributed by atoms with Gasteiger partial charge in [0.1, 0.15) is 12.8 Å². The second-order valence-corrected chi connectivity index (χ2v) is 8.25. The van der Waals surface area contributed by atoms with E-state index in [-0.39, 0.29) is 0 Å². The Morgan fingerprint density at radius 2 is 1.88 bits per heavy atom. The van der Waals surface area contributed by atoms with Gasteiger partial charge >= 0.3 is 5.97 Å². The molecule has 0 radical (unpaired) electrons. The molecule has 33 heavy (non-hydrogen) atoms. The first kappa shape index (κ1) is 24.1. The number of benzodiazepines with no additional fused rings is 1. The summed E-state index contributed by atoms with van der Waals surface area (Å²) in [5, 5.41) is 11.3. The molecule has 2 amide bonds. The molecule has 3 N–H and O–H groups in total. The molecule has 9 nitrogen and oxygen atoms in total. The lowest BCUT2D eigenvalue weighted by atomic mass is 10.0. The van der Waals surface area contributed by atoms with Gasteiger partial charge in [-0.15, -0.1) is 0 Å². The maximum absolute atomic E-state index is 13.5. The van der Waals surface area contributed by atoms with Gasteiger partial charge in [0.2, 0.25) is 5.91 Å². The van der Waals surface area contributed by atoms with Crippen LogP contribution in [0.4, 0.5) is 5.69 Å². The monoisotopic (exact) mass is 468 g/mol. The van der Waals surface area contributed by atoms with Crippen LogP contribution >= 0.6 is 11.9 Å². The van der Waals surface area contributed by atoms with E-state index in [4.69, 9.17) is 10.1 Å². The normalized spacial score (nSPS) is 16.3. The molecule has 1 heterocycles. The van der Waals surface area contributed by atoms with Gasteiger partial charge in [0, 0.05) is 16.9 Å². The van der Waals surface area contributed by atoms with Gasteiger partial charge in [-0.3, -0.25) is 24.3 Å². The summed E-state index contributed by atoms with van der Waals surface area (Å²) in [5.74, 6) is -1.61. The van der Waals surface area contributed by atoms with E-state index in [1.807, 2.05) is 49.4 Å². The summed E-state index contributed by atoms with van der Waals surface area (Å²) in [5.41, 5.74) is 2.59. The summed E-state index contributed by atoms with van der Waals surface area (Å²) in [6, 6.07) is 15.4. The average Bonchev–Trinajstić information content (AvgIpc) is 2.93. The maximum atomic E-state index is 13.5. The van der Waals surface area contributed by atoms with Gasteiger partial charge in [-0.25, -0.2) is 4.72 Å². The molecule has 172 valence electrons. The van der Waals surface area contributed by atoms with Crippen molar-refractivity contribution in [3.63, 3.8) is 0 Å². The number of amides is 2. The molecular weight excluding hydrogens is 444 g/mol. The number of fused-ring (bicyclic) bond motifs is 1. The highest BCUT2D eigenvalue weighted by atomic mass is 32.2. The number of nitrogens with zero attached hydrogens (tertiary/aromatic N) is 2. The summed E-state index contributed by atoms with van der Waals surface area (Å²) in [6.07, 6.45) is -1.13. The van der Waals surface area contributed by atoms with E-state index in [0.717, 1.165) is 5.56 Å². The number of aldehydes is 1. The second kappa shape index (κ2) is 11.4. The maximum Gasteiger partial charge on any atom is 0.305 e. The Kier molecular flexibility index (Phi) is 8.34. The fraction of sp³-hybridized carbons (Fsp3) is 0.261. The van der Waals surface area contributed by atoms with Crippen molar-refractivity contribution in [3.05, 3.63) is 65.7 Å². The average molecular weight is 469 g/mol. The number of carboxylic acid groups (broad SMARTS) is 1. The number of benzene rings is 2. The first-order valence-electron chi connectivity index (χ1n) is 10.3. The molecule has 1 aliphatic heterocycles. The molecule has 10 heteroatoms. The number of carbonyl (C=O) groups is 4. The van der Waals surface area contributed by atoms with Crippen LogP contribution in [-0.4, -0.2) is 59.4 Å². The Bertz CT molecular complexity index is 1060. The molecule has 2 aromatic carbocycles. The Morgan fingerprint density at radius 1 is 1.18 bits per heavy atom. The molecule has 2 unspecified atom stereocenters. The van der Waals surface area contributed by atoms with Crippen LogP contribution in [0.1, 0.15) is 24.5 Å². The van der Waals surface area contributed by atoms with Gasteiger partial charge in [0.15, 0.2) is 6.17 Å². The molecule has 3 rings (SSSR count). The van der Waals surface area contributed by atoms with Gasteiger partial charge in [-0.05, 0) is 6.07 Å². The van der Waals surface area contributed by atoms with Crippen molar-refractivity contribution in [2.75, 3.05) is 17.2 Å². The Hall–Kier alpha value is -3.50. The van der Waals surface area contributed by atoms with Crippen LogP contribution < -0.4 is 14.9 Å². The molecule has 0 bridgehead atoms. The standard InChI is InChI=1S/C23H24N4O5S/c1-2-33-26-22-23(32)27(13-19(29)24-16(14-28)12-20(30)31)18-11-7-6-10-17(18)21(25-22)15-8-4-3-5-9-15/h3-11,14,16,22,26H,2,12-13H2,1H3,(H,24,29)(H,30,31). The lowest BCUT2D eigenvalue weighted by Gasteiger charge is -2.25. The topological polar surface area (TPSA) is 128 Å². The van der Waals surface area contributed by atoms with Crippen molar-refractivity contribution in [1.29, 1.82) is 0 Å². The van der Waals surface area contributed by atoms with Crippen LogP contribution in [0.2, 0.25) is 0 Å². The molecule has 2 atom stereocenters. The number of aliphatic imine (C=N–C) groups is 1. The van der Waals surface area contributed by atoms with E-state index < -0.39 is 43.0 Å². The van der Waals surface area contributed by atoms with Crippen molar-refractivity contribution in [3.8, 4) is 0 Å². The van der Waals surface area contributed by atoms with Crippen LogP contribution in [0.3, 0.4) is 0 Å². The number of hydrogen-bond donors (Lipinski definition) is 3. The zero-order valence-electron chi connectivity index (χ0n) is 17.9. The zero-order chi connectivity index (χ0) is 23.8. The lowest BCUT2D eigenvalue weighted by molar-refractivity contribution is -0.138. The number of carbonyl (C=O) groups excluding carboxylic acids is 3. The molecule has 0 saturated carbocycles. The number of nitrogens with one attached hydrogen (secondary N) is 2. The minimum atomic E-state index is -1.22. The third-order valence-electron chi connectivity index (χ3n) is 4.80. The van der Waals surface area contributed by atoms with Crippen molar-refractivity contribution in [1.82, 2.24) is 10.0 Å². The lowest BCUT2D eigenvalue weighted by Crippen LogP contribution is -2.49. The third-order valence-corrected chi connectivity index (χ3v) is 5.48. The first-order valence-corrected chi connectivity index (χ1v) is 11.3. The minimum Gasteiger partial charge on any atom is -0.481 e. The van der Waals surface area contributed by atoms with E-state index in [1.165, 1.54) is 16.8 Å². The quantitative estimate of drug-likeness (QED) is 0.357. The van der Waals surface area contributed by atoms with Gasteiger partial charge in [0.05, 0.1) is 23.9 Å². The van der Waals surface area contributed by atoms with E-state index in [0.29, 0.717) is 29.0 Å². The molecule has 0 aliphatic carbocycles. The minimum absolute atomic E-state index is 0.364. The summed E-state index contributed by atoms with van der Waals surface area (Å²) >= 11 is 1.33. The highest BCUT2D eigenvalue weighted by Crippen LogP contribution is 2.28. The Morgan fingerprint density at radius 3 is 2.55 bits per heavy atom. The number of anilines is 1. The van der Waals surface area contributed by atoms with Crippen LogP contribution in [0, 0.1) is 0 Å². The number of para-hydroxylation sites is 1. The van der Waals surface area contributed by atoms with Gasteiger partial charge < -0.3 is 15.2 Å².